The highest BCUT2D eigenvalue weighted by Gasteiger charge is 2.34. The summed E-state index contributed by atoms with van der Waals surface area (Å²) >= 11 is 6.14. The lowest BCUT2D eigenvalue weighted by atomic mass is 9.93. The maximum Gasteiger partial charge on any atom is 0.323 e. The Labute approximate surface area is 112 Å². The molecule has 0 saturated carbocycles. The molecule has 102 valence electrons. The Bertz CT molecular complexity index is 439. The molecule has 0 saturated heterocycles. The molecule has 0 amide bonds. The fourth-order valence-corrected chi connectivity index (χ4v) is 2.23. The first kappa shape index (κ1) is 15.0. The molecule has 1 heterocycles. The Hall–Kier alpha value is -1.07. The summed E-state index contributed by atoms with van der Waals surface area (Å²) in [6, 6.07) is 0. The van der Waals surface area contributed by atoms with Crippen molar-refractivity contribution < 1.29 is 9.90 Å². The van der Waals surface area contributed by atoms with E-state index < -0.39 is 11.5 Å². The first-order chi connectivity index (χ1) is 8.38. The minimum absolute atomic E-state index is 0.393. The van der Waals surface area contributed by atoms with E-state index in [2.05, 4.69) is 10.4 Å². The summed E-state index contributed by atoms with van der Waals surface area (Å²) in [5.41, 5.74) is 0.660. The van der Waals surface area contributed by atoms with E-state index in [4.69, 9.17) is 11.6 Å². The van der Waals surface area contributed by atoms with Gasteiger partial charge in [-0.2, -0.15) is 5.10 Å². The van der Waals surface area contributed by atoms with Gasteiger partial charge in [-0.3, -0.25) is 14.8 Å². The predicted molar refractivity (Wildman–Crippen MR) is 70.7 cm³/mol. The van der Waals surface area contributed by atoms with Crippen LogP contribution in [0.4, 0.5) is 0 Å². The quantitative estimate of drug-likeness (QED) is 0.833. The Balaban J connectivity index is 2.89. The summed E-state index contributed by atoms with van der Waals surface area (Å²) in [5, 5.41) is 17.2. The molecular formula is C12H20ClN3O2. The standard InChI is InChI=1S/C12H20ClN3O2/c1-5-12(6-2,11(17)18)14-7-9-10(13)8(3)15-16(9)4/h14H,5-7H2,1-4H3,(H,17,18). The minimum Gasteiger partial charge on any atom is -0.480 e. The zero-order chi connectivity index (χ0) is 13.9. The van der Waals surface area contributed by atoms with Gasteiger partial charge in [-0.1, -0.05) is 25.4 Å². The van der Waals surface area contributed by atoms with Crippen LogP contribution < -0.4 is 5.32 Å². The zero-order valence-corrected chi connectivity index (χ0v) is 12.0. The van der Waals surface area contributed by atoms with Crippen LogP contribution in [0.25, 0.3) is 0 Å². The maximum atomic E-state index is 11.4. The second kappa shape index (κ2) is 5.71. The second-order valence-electron chi connectivity index (χ2n) is 4.42. The van der Waals surface area contributed by atoms with Gasteiger partial charge in [0.1, 0.15) is 5.54 Å². The van der Waals surface area contributed by atoms with Crippen LogP contribution in [0, 0.1) is 6.92 Å². The molecule has 0 radical (unpaired) electrons. The van der Waals surface area contributed by atoms with Crippen LogP contribution in [0.15, 0.2) is 0 Å². The average Bonchev–Trinajstić information content (AvgIpc) is 2.56. The number of aromatic nitrogens is 2. The monoisotopic (exact) mass is 273 g/mol. The molecule has 5 nitrogen and oxygen atoms in total. The van der Waals surface area contributed by atoms with Crippen molar-refractivity contribution in [2.24, 2.45) is 7.05 Å². The number of hydrogen-bond donors (Lipinski definition) is 2. The third-order valence-corrected chi connectivity index (χ3v) is 3.96. The van der Waals surface area contributed by atoms with Crippen LogP contribution >= 0.6 is 11.6 Å². The van der Waals surface area contributed by atoms with Gasteiger partial charge >= 0.3 is 5.97 Å². The van der Waals surface area contributed by atoms with Gasteiger partial charge in [0.15, 0.2) is 0 Å². The third-order valence-electron chi connectivity index (χ3n) is 3.47. The molecule has 6 heteroatoms. The molecular weight excluding hydrogens is 254 g/mol. The summed E-state index contributed by atoms with van der Waals surface area (Å²) in [6.07, 6.45) is 1.04. The first-order valence-electron chi connectivity index (χ1n) is 6.04. The Morgan fingerprint density at radius 2 is 2.06 bits per heavy atom. The normalized spacial score (nSPS) is 11.8. The number of aliphatic carboxylic acids is 1. The van der Waals surface area contributed by atoms with E-state index in [0.29, 0.717) is 24.4 Å². The minimum atomic E-state index is -0.901. The molecule has 1 aromatic rings. The molecule has 2 N–H and O–H groups in total. The predicted octanol–water partition coefficient (Wildman–Crippen LogP) is 2.11. The summed E-state index contributed by atoms with van der Waals surface area (Å²) in [6.45, 7) is 5.95. The molecule has 0 aliphatic rings. The maximum absolute atomic E-state index is 11.4. The van der Waals surface area contributed by atoms with Crippen molar-refractivity contribution in [1.82, 2.24) is 15.1 Å². The third kappa shape index (κ3) is 2.67. The van der Waals surface area contributed by atoms with E-state index in [-0.39, 0.29) is 0 Å². The SMILES string of the molecule is CCC(CC)(NCc1c(Cl)c(C)nn1C)C(=O)O. The molecule has 0 spiro atoms. The van der Waals surface area contributed by atoms with Crippen LogP contribution in [-0.2, 0) is 18.4 Å². The smallest absolute Gasteiger partial charge is 0.323 e. The van der Waals surface area contributed by atoms with Crippen LogP contribution in [0.2, 0.25) is 5.02 Å². The highest BCUT2D eigenvalue weighted by atomic mass is 35.5. The van der Waals surface area contributed by atoms with E-state index in [1.54, 1.807) is 11.7 Å². The van der Waals surface area contributed by atoms with Crippen molar-refractivity contribution in [3.8, 4) is 0 Å². The fraction of sp³-hybridized carbons (Fsp3) is 0.667. The molecule has 0 aliphatic carbocycles. The molecule has 0 bridgehead atoms. The van der Waals surface area contributed by atoms with Crippen LogP contribution in [0.1, 0.15) is 38.1 Å². The van der Waals surface area contributed by atoms with E-state index in [1.807, 2.05) is 20.8 Å². The Morgan fingerprint density at radius 3 is 2.39 bits per heavy atom. The van der Waals surface area contributed by atoms with E-state index >= 15 is 0 Å². The van der Waals surface area contributed by atoms with Crippen LogP contribution in [0.3, 0.4) is 0 Å². The van der Waals surface area contributed by atoms with Gasteiger partial charge in [-0.25, -0.2) is 0 Å². The van der Waals surface area contributed by atoms with Gasteiger partial charge in [0.25, 0.3) is 0 Å². The van der Waals surface area contributed by atoms with E-state index in [1.165, 1.54) is 0 Å². The molecule has 1 rings (SSSR count). The molecule has 0 atom stereocenters. The van der Waals surface area contributed by atoms with E-state index in [0.717, 1.165) is 11.4 Å². The molecule has 0 fully saturated rings. The number of carboxylic acid groups (broad SMARTS) is 1. The average molecular weight is 274 g/mol. The lowest BCUT2D eigenvalue weighted by Crippen LogP contribution is -2.51. The van der Waals surface area contributed by atoms with Crippen molar-refractivity contribution in [2.75, 3.05) is 0 Å². The molecule has 1 aromatic heterocycles. The second-order valence-corrected chi connectivity index (χ2v) is 4.80. The van der Waals surface area contributed by atoms with Crippen molar-refractivity contribution >= 4 is 17.6 Å². The molecule has 0 aliphatic heterocycles. The zero-order valence-electron chi connectivity index (χ0n) is 11.2. The van der Waals surface area contributed by atoms with Gasteiger partial charge in [0, 0.05) is 13.6 Å². The number of halogens is 1. The molecule has 0 unspecified atom stereocenters. The summed E-state index contributed by atoms with van der Waals surface area (Å²) in [4.78, 5) is 11.4. The van der Waals surface area contributed by atoms with Crippen molar-refractivity contribution in [3.63, 3.8) is 0 Å². The molecule has 0 aromatic carbocycles. The highest BCUT2D eigenvalue weighted by Crippen LogP contribution is 2.22. The van der Waals surface area contributed by atoms with E-state index in [9.17, 15) is 9.90 Å². The van der Waals surface area contributed by atoms with Crippen molar-refractivity contribution in [3.05, 3.63) is 16.4 Å². The number of carbonyl (C=O) groups is 1. The molecule has 18 heavy (non-hydrogen) atoms. The summed E-state index contributed by atoms with van der Waals surface area (Å²) < 4.78 is 1.68. The number of hydrogen-bond acceptors (Lipinski definition) is 3. The Kier molecular flexibility index (Phi) is 4.76. The largest absolute Gasteiger partial charge is 0.480 e. The van der Waals surface area contributed by atoms with Crippen molar-refractivity contribution in [1.29, 1.82) is 0 Å². The summed E-state index contributed by atoms with van der Waals surface area (Å²) in [5.74, 6) is -0.831. The fourth-order valence-electron chi connectivity index (χ4n) is 2.00. The Morgan fingerprint density at radius 1 is 1.50 bits per heavy atom. The lowest BCUT2D eigenvalue weighted by molar-refractivity contribution is -0.145. The van der Waals surface area contributed by atoms with Gasteiger partial charge in [-0.15, -0.1) is 0 Å². The topological polar surface area (TPSA) is 67.2 Å². The number of carboxylic acids is 1. The van der Waals surface area contributed by atoms with Crippen LogP contribution in [-0.4, -0.2) is 26.4 Å². The number of rotatable bonds is 6. The first-order valence-corrected chi connectivity index (χ1v) is 6.42. The van der Waals surface area contributed by atoms with Gasteiger partial charge in [0.05, 0.1) is 16.4 Å². The van der Waals surface area contributed by atoms with Gasteiger partial charge in [-0.05, 0) is 19.8 Å². The lowest BCUT2D eigenvalue weighted by Gasteiger charge is -2.28. The van der Waals surface area contributed by atoms with Gasteiger partial charge < -0.3 is 5.11 Å². The van der Waals surface area contributed by atoms with Crippen molar-refractivity contribution in [2.45, 2.75) is 45.7 Å². The number of nitrogens with one attached hydrogen (secondary N) is 1. The summed E-state index contributed by atoms with van der Waals surface area (Å²) in [7, 11) is 1.80. The van der Waals surface area contributed by atoms with Crippen LogP contribution in [0.5, 0.6) is 0 Å². The van der Waals surface area contributed by atoms with Gasteiger partial charge in [0.2, 0.25) is 0 Å². The number of aryl methyl sites for hydroxylation is 2. The number of nitrogens with zero attached hydrogens (tertiary/aromatic N) is 2. The highest BCUT2D eigenvalue weighted by molar-refractivity contribution is 6.31.